The van der Waals surface area contributed by atoms with E-state index in [0.29, 0.717) is 5.02 Å². The lowest BCUT2D eigenvalue weighted by Gasteiger charge is -2.05. The molecule has 2 aromatic heterocycles. The molecule has 0 radical (unpaired) electrons. The van der Waals surface area contributed by atoms with Crippen molar-refractivity contribution in [1.29, 1.82) is 0 Å². The van der Waals surface area contributed by atoms with E-state index in [-0.39, 0.29) is 28.9 Å². The van der Waals surface area contributed by atoms with Crippen molar-refractivity contribution in [2.24, 2.45) is 14.1 Å². The first kappa shape index (κ1) is 34.6. The topological polar surface area (TPSA) is 65.0 Å². The van der Waals surface area contributed by atoms with Crippen molar-refractivity contribution in [3.8, 4) is 0 Å². The third-order valence-electron chi connectivity index (χ3n) is 5.65. The Morgan fingerprint density at radius 1 is 0.548 bits per heavy atom. The number of hydrogen-bond acceptors (Lipinski definition) is 3. The zero-order valence-electron chi connectivity index (χ0n) is 23.3. The molecule has 5 aromatic rings. The zero-order valence-corrected chi connectivity index (χ0v) is 27.0. The Morgan fingerprint density at radius 2 is 0.857 bits per heavy atom. The quantitative estimate of drug-likeness (QED) is 0.159. The summed E-state index contributed by atoms with van der Waals surface area (Å²) in [5, 5.41) is 0.400. The molecule has 0 atom stereocenters. The third kappa shape index (κ3) is 13.4. The molecular weight excluding hydrogens is 679 g/mol. The van der Waals surface area contributed by atoms with Crippen LogP contribution in [0.25, 0.3) is 24.3 Å². The van der Waals surface area contributed by atoms with Crippen LogP contribution < -0.4 is 33.1 Å². The molecule has 5 nitrogen and oxygen atoms in total. The van der Waals surface area contributed by atoms with Gasteiger partial charge in [0.1, 0.15) is 24.2 Å². The van der Waals surface area contributed by atoms with Gasteiger partial charge in [-0.05, 0) is 46.5 Å². The van der Waals surface area contributed by atoms with Crippen molar-refractivity contribution in [2.75, 3.05) is 0 Å². The fraction of sp³-hybridized carbons (Fsp3) is 0.0588. The van der Waals surface area contributed by atoms with Gasteiger partial charge < -0.3 is 28.5 Å². The predicted molar refractivity (Wildman–Crippen MR) is 165 cm³/mol. The highest BCUT2D eigenvalue weighted by Crippen LogP contribution is 2.13. The second kappa shape index (κ2) is 18.0. The summed E-state index contributed by atoms with van der Waals surface area (Å²) in [4.78, 5) is -0.262. The van der Waals surface area contributed by atoms with E-state index in [0.717, 1.165) is 0 Å². The van der Waals surface area contributed by atoms with E-state index in [1.165, 1.54) is 46.5 Å². The highest BCUT2D eigenvalue weighted by Gasteiger charge is 1.98. The molecule has 0 spiro atoms. The highest BCUT2D eigenvalue weighted by atomic mass is 127. The van der Waals surface area contributed by atoms with Gasteiger partial charge in [0.25, 0.3) is 0 Å². The Kier molecular flexibility index (Phi) is 14.8. The van der Waals surface area contributed by atoms with Gasteiger partial charge in [0.05, 0.1) is 4.90 Å². The molecule has 0 saturated heterocycles. The highest BCUT2D eigenvalue weighted by molar-refractivity contribution is 7.85. The number of nitrogens with zero attached hydrogens (tertiary/aromatic N) is 2. The van der Waals surface area contributed by atoms with Crippen molar-refractivity contribution in [3.05, 3.63) is 161 Å². The van der Waals surface area contributed by atoms with Crippen molar-refractivity contribution < 1.29 is 46.1 Å². The molecule has 0 saturated carbocycles. The molecule has 0 N–H and O–H groups in total. The summed E-state index contributed by atoms with van der Waals surface area (Å²) in [7, 11) is -0.291. The normalized spacial score (nSPS) is 10.7. The second-order valence-corrected chi connectivity index (χ2v) is 10.8. The monoisotopic (exact) mass is 710 g/mol. The summed E-state index contributed by atoms with van der Waals surface area (Å²) in [6, 6.07) is 34.1. The van der Waals surface area contributed by atoms with Crippen molar-refractivity contribution in [1.82, 2.24) is 0 Å². The first-order valence-electron chi connectivity index (χ1n) is 12.8. The largest absolute Gasteiger partial charge is 1.00 e. The minimum Gasteiger partial charge on any atom is -1.00 e. The van der Waals surface area contributed by atoms with Gasteiger partial charge in [0.15, 0.2) is 24.8 Å². The molecule has 2 heterocycles. The van der Waals surface area contributed by atoms with Crippen LogP contribution in [0.1, 0.15) is 22.3 Å². The summed E-state index contributed by atoms with van der Waals surface area (Å²) >= 11 is 5.46. The average molecular weight is 711 g/mol. The Balaban J connectivity index is 0.000000221. The molecule has 42 heavy (non-hydrogen) atoms. The molecule has 5 rings (SSSR count). The summed E-state index contributed by atoms with van der Waals surface area (Å²) in [5.74, 6) is 0. The predicted octanol–water partition coefficient (Wildman–Crippen LogP) is 3.61. The second-order valence-electron chi connectivity index (χ2n) is 8.99. The van der Waals surface area contributed by atoms with Crippen LogP contribution in [0.5, 0.6) is 0 Å². The van der Waals surface area contributed by atoms with Crippen LogP contribution in [0.15, 0.2) is 139 Å². The van der Waals surface area contributed by atoms with Gasteiger partial charge in [-0.1, -0.05) is 96.6 Å². The van der Waals surface area contributed by atoms with E-state index < -0.39 is 10.1 Å². The Hall–Kier alpha value is -3.63. The Labute approximate surface area is 270 Å². The van der Waals surface area contributed by atoms with Crippen LogP contribution >= 0.6 is 11.6 Å². The van der Waals surface area contributed by atoms with E-state index in [2.05, 4.69) is 72.8 Å². The van der Waals surface area contributed by atoms with Gasteiger partial charge in [-0.25, -0.2) is 17.6 Å². The molecule has 0 aliphatic heterocycles. The van der Waals surface area contributed by atoms with Crippen LogP contribution in [-0.4, -0.2) is 13.0 Å². The molecule has 0 aliphatic carbocycles. The van der Waals surface area contributed by atoms with Gasteiger partial charge in [-0.15, -0.1) is 0 Å². The fourth-order valence-corrected chi connectivity index (χ4v) is 3.96. The molecule has 8 heteroatoms. The van der Waals surface area contributed by atoms with E-state index in [4.69, 9.17) is 11.6 Å². The molecule has 216 valence electrons. The number of aryl methyl sites for hydroxylation is 2. The van der Waals surface area contributed by atoms with Gasteiger partial charge >= 0.3 is 0 Å². The van der Waals surface area contributed by atoms with E-state index in [1.807, 2.05) is 84.4 Å². The third-order valence-corrected chi connectivity index (χ3v) is 6.75. The maximum absolute atomic E-state index is 10.3. The number of halogens is 2. The number of aromatic nitrogens is 2. The summed E-state index contributed by atoms with van der Waals surface area (Å²) in [6.45, 7) is 0. The van der Waals surface area contributed by atoms with Crippen molar-refractivity contribution in [3.63, 3.8) is 0 Å². The molecular formula is C34H32ClIN2O3S. The maximum Gasteiger partial charge on any atom is 0.169 e. The Morgan fingerprint density at radius 3 is 1.17 bits per heavy atom. The van der Waals surface area contributed by atoms with Crippen molar-refractivity contribution in [2.45, 2.75) is 4.90 Å². The van der Waals surface area contributed by atoms with Gasteiger partial charge in [-0.3, -0.25) is 0 Å². The standard InChI is InChI=1S/2C14H14N.C6H5ClO3S.HI/c2*1-15-11-9-14(10-12-15)8-7-13-5-3-2-4-6-13;7-5-1-3-6(4-2-5)11(8,9)10;/h2*2-12H,1H3;1-4H,(H,8,9,10);1H/q2*+1;;/p-2/b2*8-7+;;. The molecule has 0 fully saturated rings. The Bertz CT molecular complexity index is 1550. The first-order chi connectivity index (χ1) is 19.7. The maximum atomic E-state index is 10.3. The van der Waals surface area contributed by atoms with Crippen LogP contribution in [-0.2, 0) is 24.2 Å². The lowest BCUT2D eigenvalue weighted by Crippen LogP contribution is -3.00. The zero-order chi connectivity index (χ0) is 29.5. The summed E-state index contributed by atoms with van der Waals surface area (Å²) in [6.07, 6.45) is 16.7. The number of benzene rings is 3. The van der Waals surface area contributed by atoms with Crippen LogP contribution in [0.3, 0.4) is 0 Å². The van der Waals surface area contributed by atoms with E-state index >= 15 is 0 Å². The fourth-order valence-electron chi connectivity index (χ4n) is 3.36. The van der Waals surface area contributed by atoms with Gasteiger partial charge in [0.2, 0.25) is 0 Å². The first-order valence-corrected chi connectivity index (χ1v) is 14.6. The van der Waals surface area contributed by atoms with Crippen LogP contribution in [0, 0.1) is 0 Å². The smallest absolute Gasteiger partial charge is 0.169 e. The van der Waals surface area contributed by atoms with E-state index in [1.54, 1.807) is 0 Å². The average Bonchev–Trinajstić information content (AvgIpc) is 2.98. The SMILES string of the molecule is C[n+]1ccc(/C=C/c2ccccc2)cc1.C[n+]1ccc(/C=C/c2ccccc2)cc1.O=S(=O)([O-])c1ccc(Cl)cc1.[I-]. The summed E-state index contributed by atoms with van der Waals surface area (Å²) in [5.41, 5.74) is 4.89. The lowest BCUT2D eigenvalue weighted by atomic mass is 10.1. The number of hydrogen-bond donors (Lipinski definition) is 0. The van der Waals surface area contributed by atoms with Crippen molar-refractivity contribution >= 4 is 46.0 Å². The number of rotatable bonds is 5. The number of pyridine rings is 2. The molecule has 0 bridgehead atoms. The minimum atomic E-state index is -4.33. The minimum absolute atomic E-state index is 0. The van der Waals surface area contributed by atoms with Crippen LogP contribution in [0.2, 0.25) is 5.02 Å². The lowest BCUT2D eigenvalue weighted by molar-refractivity contribution is -0.671. The molecule has 3 aromatic carbocycles. The molecule has 0 aliphatic rings. The molecule has 0 unspecified atom stereocenters. The van der Waals surface area contributed by atoms with Crippen LogP contribution in [0.4, 0.5) is 0 Å². The van der Waals surface area contributed by atoms with E-state index in [9.17, 15) is 13.0 Å². The van der Waals surface area contributed by atoms with Gasteiger partial charge in [-0.2, -0.15) is 0 Å². The molecule has 0 amide bonds. The summed E-state index contributed by atoms with van der Waals surface area (Å²) < 4.78 is 35.1. The van der Waals surface area contributed by atoms with Gasteiger partial charge in [0, 0.05) is 29.3 Å².